The summed E-state index contributed by atoms with van der Waals surface area (Å²) in [7, 11) is 4.02. The number of anilines is 1. The zero-order valence-electron chi connectivity index (χ0n) is 15.1. The highest BCUT2D eigenvalue weighted by atomic mass is 16.2. The van der Waals surface area contributed by atoms with Gasteiger partial charge in [-0.25, -0.2) is 9.97 Å². The first-order valence-corrected chi connectivity index (χ1v) is 8.30. The van der Waals surface area contributed by atoms with Gasteiger partial charge >= 0.3 is 0 Å². The first-order chi connectivity index (χ1) is 11.9. The first kappa shape index (κ1) is 17.1. The molecule has 0 fully saturated rings. The highest BCUT2D eigenvalue weighted by molar-refractivity contribution is 6.03. The van der Waals surface area contributed by atoms with E-state index in [1.807, 2.05) is 68.9 Å². The molecule has 2 aromatic heterocycles. The SMILES string of the molecule is Cc1cc(C)nc(NC(=O)c2nc3ccccc3n2CCN(C)C)c1. The molecule has 0 unspecified atom stereocenters. The number of fused-ring (bicyclic) bond motifs is 1. The van der Waals surface area contributed by atoms with Gasteiger partial charge in [0, 0.05) is 18.8 Å². The van der Waals surface area contributed by atoms with E-state index < -0.39 is 0 Å². The summed E-state index contributed by atoms with van der Waals surface area (Å²) in [5.41, 5.74) is 3.71. The summed E-state index contributed by atoms with van der Waals surface area (Å²) in [6.45, 7) is 5.41. The van der Waals surface area contributed by atoms with Crippen LogP contribution in [0.25, 0.3) is 11.0 Å². The average molecular weight is 337 g/mol. The van der Waals surface area contributed by atoms with Crippen LogP contribution < -0.4 is 5.32 Å². The van der Waals surface area contributed by atoms with E-state index >= 15 is 0 Å². The topological polar surface area (TPSA) is 63.1 Å². The highest BCUT2D eigenvalue weighted by Crippen LogP contribution is 2.17. The number of carbonyl (C=O) groups excluding carboxylic acids is 1. The number of aryl methyl sites for hydroxylation is 2. The third kappa shape index (κ3) is 3.85. The molecular formula is C19H23N5O. The van der Waals surface area contributed by atoms with E-state index in [1.54, 1.807) is 0 Å². The van der Waals surface area contributed by atoms with E-state index in [4.69, 9.17) is 0 Å². The van der Waals surface area contributed by atoms with Crippen molar-refractivity contribution < 1.29 is 4.79 Å². The molecule has 1 N–H and O–H groups in total. The van der Waals surface area contributed by atoms with Crippen LogP contribution in [0.3, 0.4) is 0 Å². The molecule has 130 valence electrons. The largest absolute Gasteiger partial charge is 0.319 e. The summed E-state index contributed by atoms with van der Waals surface area (Å²) in [4.78, 5) is 23.8. The number of rotatable bonds is 5. The Labute approximate surface area is 147 Å². The van der Waals surface area contributed by atoms with Gasteiger partial charge in [0.2, 0.25) is 0 Å². The van der Waals surface area contributed by atoms with E-state index in [9.17, 15) is 4.79 Å². The molecule has 3 rings (SSSR count). The molecule has 0 saturated carbocycles. The van der Waals surface area contributed by atoms with E-state index in [1.165, 1.54) is 0 Å². The number of amides is 1. The van der Waals surface area contributed by atoms with Gasteiger partial charge in [-0.1, -0.05) is 12.1 Å². The summed E-state index contributed by atoms with van der Waals surface area (Å²) in [6, 6.07) is 11.6. The predicted molar refractivity (Wildman–Crippen MR) is 100.0 cm³/mol. The second-order valence-electron chi connectivity index (χ2n) is 6.50. The minimum absolute atomic E-state index is 0.243. The summed E-state index contributed by atoms with van der Waals surface area (Å²) in [5.74, 6) is 0.713. The molecule has 0 aliphatic heterocycles. The van der Waals surface area contributed by atoms with Gasteiger partial charge in [-0.15, -0.1) is 0 Å². The lowest BCUT2D eigenvalue weighted by Crippen LogP contribution is -2.23. The molecule has 0 bridgehead atoms. The predicted octanol–water partition coefficient (Wildman–Crippen LogP) is 2.86. The van der Waals surface area contributed by atoms with E-state index in [2.05, 4.69) is 20.2 Å². The fourth-order valence-electron chi connectivity index (χ4n) is 2.85. The van der Waals surface area contributed by atoms with Crippen LogP contribution in [0.15, 0.2) is 36.4 Å². The Balaban J connectivity index is 1.95. The second kappa shape index (κ2) is 7.03. The number of hydrogen-bond acceptors (Lipinski definition) is 4. The third-order valence-corrected chi connectivity index (χ3v) is 3.97. The Hall–Kier alpha value is -2.73. The fraction of sp³-hybridized carbons (Fsp3) is 0.316. The van der Waals surface area contributed by atoms with Gasteiger partial charge in [-0.3, -0.25) is 4.79 Å². The maximum atomic E-state index is 12.8. The number of carbonyl (C=O) groups is 1. The van der Waals surface area contributed by atoms with Gasteiger partial charge in [-0.2, -0.15) is 0 Å². The minimum Gasteiger partial charge on any atom is -0.319 e. The van der Waals surface area contributed by atoms with Crippen molar-refractivity contribution in [1.29, 1.82) is 0 Å². The molecule has 6 heteroatoms. The molecule has 6 nitrogen and oxygen atoms in total. The standard InChI is InChI=1S/C19H23N5O/c1-13-11-14(2)20-17(12-13)22-19(25)18-21-15-7-5-6-8-16(15)24(18)10-9-23(3)4/h5-8,11-12H,9-10H2,1-4H3,(H,20,22,25). The number of aromatic nitrogens is 3. The average Bonchev–Trinajstić information content (AvgIpc) is 2.90. The molecule has 2 heterocycles. The third-order valence-electron chi connectivity index (χ3n) is 3.97. The second-order valence-corrected chi connectivity index (χ2v) is 6.50. The van der Waals surface area contributed by atoms with Crippen LogP contribution in [0.2, 0.25) is 0 Å². The first-order valence-electron chi connectivity index (χ1n) is 8.30. The fourth-order valence-corrected chi connectivity index (χ4v) is 2.85. The van der Waals surface area contributed by atoms with Crippen molar-refractivity contribution in [2.24, 2.45) is 0 Å². The molecular weight excluding hydrogens is 314 g/mol. The molecule has 1 aromatic carbocycles. The van der Waals surface area contributed by atoms with Crippen LogP contribution in [0.1, 0.15) is 21.9 Å². The Morgan fingerprint density at radius 2 is 1.92 bits per heavy atom. The van der Waals surface area contributed by atoms with Crippen molar-refractivity contribution in [2.75, 3.05) is 26.0 Å². The Kier molecular flexibility index (Phi) is 4.81. The van der Waals surface area contributed by atoms with Crippen molar-refractivity contribution in [3.63, 3.8) is 0 Å². The number of nitrogens with one attached hydrogen (secondary N) is 1. The molecule has 3 aromatic rings. The number of nitrogens with zero attached hydrogens (tertiary/aromatic N) is 4. The van der Waals surface area contributed by atoms with Crippen LogP contribution in [0, 0.1) is 13.8 Å². The van der Waals surface area contributed by atoms with Gasteiger partial charge < -0.3 is 14.8 Å². The van der Waals surface area contributed by atoms with Crippen molar-refractivity contribution in [1.82, 2.24) is 19.4 Å². The van der Waals surface area contributed by atoms with Crippen LogP contribution >= 0.6 is 0 Å². The van der Waals surface area contributed by atoms with Crippen LogP contribution in [0.4, 0.5) is 5.82 Å². The van der Waals surface area contributed by atoms with E-state index in [-0.39, 0.29) is 5.91 Å². The molecule has 1 amide bonds. The normalized spacial score (nSPS) is 11.2. The number of benzene rings is 1. The summed E-state index contributed by atoms with van der Waals surface area (Å²) >= 11 is 0. The number of hydrogen-bond donors (Lipinski definition) is 1. The molecule has 0 aliphatic rings. The molecule has 0 saturated heterocycles. The number of imidazole rings is 1. The Morgan fingerprint density at radius 1 is 1.16 bits per heavy atom. The quantitative estimate of drug-likeness (QED) is 0.777. The number of likely N-dealkylation sites (N-methyl/N-ethyl adjacent to an activating group) is 1. The smallest absolute Gasteiger partial charge is 0.292 e. The minimum atomic E-state index is -0.243. The summed E-state index contributed by atoms with van der Waals surface area (Å²) < 4.78 is 1.97. The Bertz CT molecular complexity index is 893. The molecule has 0 spiro atoms. The van der Waals surface area contributed by atoms with Crippen LogP contribution in [-0.4, -0.2) is 46.0 Å². The van der Waals surface area contributed by atoms with Crippen molar-refractivity contribution >= 4 is 22.8 Å². The zero-order chi connectivity index (χ0) is 18.0. The molecule has 0 aliphatic carbocycles. The lowest BCUT2D eigenvalue weighted by molar-refractivity contribution is 0.101. The van der Waals surface area contributed by atoms with Crippen molar-refractivity contribution in [2.45, 2.75) is 20.4 Å². The summed E-state index contributed by atoms with van der Waals surface area (Å²) in [5, 5.41) is 2.88. The number of para-hydroxylation sites is 2. The number of pyridine rings is 1. The van der Waals surface area contributed by atoms with Gasteiger partial charge in [-0.05, 0) is 57.8 Å². The lowest BCUT2D eigenvalue weighted by atomic mass is 10.2. The maximum absolute atomic E-state index is 12.8. The van der Waals surface area contributed by atoms with Crippen molar-refractivity contribution in [3.05, 3.63) is 53.5 Å². The highest BCUT2D eigenvalue weighted by Gasteiger charge is 2.18. The summed E-state index contributed by atoms with van der Waals surface area (Å²) in [6.07, 6.45) is 0. The van der Waals surface area contributed by atoms with Gasteiger partial charge in [0.25, 0.3) is 5.91 Å². The van der Waals surface area contributed by atoms with Gasteiger partial charge in [0.1, 0.15) is 5.82 Å². The van der Waals surface area contributed by atoms with Crippen LogP contribution in [0.5, 0.6) is 0 Å². The monoisotopic (exact) mass is 337 g/mol. The zero-order valence-corrected chi connectivity index (χ0v) is 15.1. The molecule has 0 radical (unpaired) electrons. The van der Waals surface area contributed by atoms with Crippen LogP contribution in [-0.2, 0) is 6.54 Å². The molecule has 0 atom stereocenters. The maximum Gasteiger partial charge on any atom is 0.292 e. The van der Waals surface area contributed by atoms with E-state index in [0.717, 1.165) is 28.8 Å². The van der Waals surface area contributed by atoms with Crippen molar-refractivity contribution in [3.8, 4) is 0 Å². The van der Waals surface area contributed by atoms with Gasteiger partial charge in [0.05, 0.1) is 11.0 Å². The van der Waals surface area contributed by atoms with Gasteiger partial charge in [0.15, 0.2) is 5.82 Å². The lowest BCUT2D eigenvalue weighted by Gasteiger charge is -2.13. The van der Waals surface area contributed by atoms with E-state index in [0.29, 0.717) is 18.2 Å². The molecule has 25 heavy (non-hydrogen) atoms. The Morgan fingerprint density at radius 3 is 2.64 bits per heavy atom.